The van der Waals surface area contributed by atoms with Crippen molar-refractivity contribution in [3.05, 3.63) is 63.7 Å². The largest absolute Gasteiger partial charge is 0.343 e. The van der Waals surface area contributed by atoms with Gasteiger partial charge in [-0.15, -0.1) is 0 Å². The molecule has 5 heteroatoms. The molecule has 0 aliphatic rings. The zero-order valence-electron chi connectivity index (χ0n) is 13.4. The molecule has 0 heterocycles. The minimum atomic E-state index is -0.303. The topological polar surface area (TPSA) is 58.2 Å². The van der Waals surface area contributed by atoms with Crippen LogP contribution in [-0.4, -0.2) is 18.4 Å². The Kier molecular flexibility index (Phi) is 5.40. The van der Waals surface area contributed by atoms with E-state index in [1.165, 1.54) is 0 Å². The van der Waals surface area contributed by atoms with Crippen LogP contribution in [0, 0.1) is 20.8 Å². The summed E-state index contributed by atoms with van der Waals surface area (Å²) in [5.74, 6) is -0.573. The predicted molar refractivity (Wildman–Crippen MR) is 93.1 cm³/mol. The summed E-state index contributed by atoms with van der Waals surface area (Å²) in [6.45, 7) is 5.64. The first-order valence-electron chi connectivity index (χ1n) is 7.27. The molecular weight excluding hydrogens is 312 g/mol. The number of hydrogen-bond donors (Lipinski definition) is 2. The number of amides is 2. The van der Waals surface area contributed by atoms with Crippen LogP contribution >= 0.6 is 11.6 Å². The Morgan fingerprint density at radius 1 is 1.00 bits per heavy atom. The van der Waals surface area contributed by atoms with Gasteiger partial charge in [-0.2, -0.15) is 0 Å². The number of hydrogen-bond acceptors (Lipinski definition) is 2. The van der Waals surface area contributed by atoms with Crippen molar-refractivity contribution in [3.8, 4) is 0 Å². The van der Waals surface area contributed by atoms with E-state index in [4.69, 9.17) is 11.6 Å². The SMILES string of the molecule is Cc1cc(C)cc(C(=O)NCC(=O)Nc2ccc(C)c(Cl)c2)c1. The van der Waals surface area contributed by atoms with Gasteiger partial charge >= 0.3 is 0 Å². The fourth-order valence-electron chi connectivity index (χ4n) is 2.24. The summed E-state index contributed by atoms with van der Waals surface area (Å²) in [4.78, 5) is 24.0. The molecule has 0 aliphatic heterocycles. The lowest BCUT2D eigenvalue weighted by Gasteiger charge is -2.09. The van der Waals surface area contributed by atoms with Crippen molar-refractivity contribution >= 4 is 29.1 Å². The molecule has 0 radical (unpaired) electrons. The molecule has 0 atom stereocenters. The minimum Gasteiger partial charge on any atom is -0.343 e. The molecule has 2 rings (SSSR count). The molecule has 0 aliphatic carbocycles. The maximum absolute atomic E-state index is 12.1. The molecular formula is C18H19ClN2O2. The van der Waals surface area contributed by atoms with Gasteiger partial charge in [0, 0.05) is 16.3 Å². The van der Waals surface area contributed by atoms with E-state index in [1.807, 2.05) is 32.9 Å². The fraction of sp³-hybridized carbons (Fsp3) is 0.222. The molecule has 0 saturated heterocycles. The average Bonchev–Trinajstić information content (AvgIpc) is 2.47. The summed E-state index contributed by atoms with van der Waals surface area (Å²) in [6.07, 6.45) is 0. The van der Waals surface area contributed by atoms with Crippen molar-refractivity contribution in [2.45, 2.75) is 20.8 Å². The van der Waals surface area contributed by atoms with Crippen LogP contribution in [0.4, 0.5) is 5.69 Å². The van der Waals surface area contributed by atoms with Crippen LogP contribution in [-0.2, 0) is 4.79 Å². The van der Waals surface area contributed by atoms with Gasteiger partial charge < -0.3 is 10.6 Å². The van der Waals surface area contributed by atoms with E-state index in [0.29, 0.717) is 16.3 Å². The normalized spacial score (nSPS) is 10.3. The van der Waals surface area contributed by atoms with Crippen LogP contribution in [0.2, 0.25) is 5.02 Å². The number of halogens is 1. The number of carbonyl (C=O) groups excluding carboxylic acids is 2. The molecule has 0 unspecified atom stereocenters. The number of anilines is 1. The van der Waals surface area contributed by atoms with E-state index < -0.39 is 0 Å². The fourth-order valence-corrected chi connectivity index (χ4v) is 2.42. The van der Waals surface area contributed by atoms with Gasteiger partial charge in [0.15, 0.2) is 0 Å². The lowest BCUT2D eigenvalue weighted by Crippen LogP contribution is -2.32. The molecule has 0 spiro atoms. The van der Waals surface area contributed by atoms with Crippen LogP contribution in [0.1, 0.15) is 27.0 Å². The zero-order chi connectivity index (χ0) is 17.0. The van der Waals surface area contributed by atoms with E-state index in [-0.39, 0.29) is 18.4 Å². The molecule has 120 valence electrons. The monoisotopic (exact) mass is 330 g/mol. The van der Waals surface area contributed by atoms with Crippen molar-refractivity contribution in [1.29, 1.82) is 0 Å². The van der Waals surface area contributed by atoms with Crippen LogP contribution in [0.25, 0.3) is 0 Å². The summed E-state index contributed by atoms with van der Waals surface area (Å²) in [7, 11) is 0. The van der Waals surface area contributed by atoms with E-state index in [1.54, 1.807) is 24.3 Å². The Labute approximate surface area is 140 Å². The Balaban J connectivity index is 1.93. The highest BCUT2D eigenvalue weighted by atomic mass is 35.5. The molecule has 4 nitrogen and oxygen atoms in total. The first-order chi connectivity index (χ1) is 10.8. The first-order valence-corrected chi connectivity index (χ1v) is 7.65. The van der Waals surface area contributed by atoms with Gasteiger partial charge in [0.1, 0.15) is 0 Å². The molecule has 0 saturated carbocycles. The van der Waals surface area contributed by atoms with E-state index >= 15 is 0 Å². The zero-order valence-corrected chi connectivity index (χ0v) is 14.1. The van der Waals surface area contributed by atoms with Gasteiger partial charge in [-0.1, -0.05) is 34.9 Å². The molecule has 0 bridgehead atoms. The highest BCUT2D eigenvalue weighted by Gasteiger charge is 2.09. The smallest absolute Gasteiger partial charge is 0.251 e. The second kappa shape index (κ2) is 7.29. The Morgan fingerprint density at radius 2 is 1.65 bits per heavy atom. The second-order valence-corrected chi connectivity index (χ2v) is 5.98. The average molecular weight is 331 g/mol. The second-order valence-electron chi connectivity index (χ2n) is 5.57. The van der Waals surface area contributed by atoms with Gasteiger partial charge in [-0.3, -0.25) is 9.59 Å². The summed E-state index contributed by atoms with van der Waals surface area (Å²) in [5, 5.41) is 5.90. The maximum Gasteiger partial charge on any atom is 0.251 e. The number of carbonyl (C=O) groups is 2. The van der Waals surface area contributed by atoms with E-state index in [9.17, 15) is 9.59 Å². The summed E-state index contributed by atoms with van der Waals surface area (Å²) in [6, 6.07) is 10.8. The van der Waals surface area contributed by atoms with E-state index in [0.717, 1.165) is 16.7 Å². The molecule has 23 heavy (non-hydrogen) atoms. The van der Waals surface area contributed by atoms with Crippen LogP contribution < -0.4 is 10.6 Å². The van der Waals surface area contributed by atoms with Crippen LogP contribution in [0.3, 0.4) is 0 Å². The molecule has 0 aromatic heterocycles. The number of rotatable bonds is 4. The van der Waals surface area contributed by atoms with Crippen molar-refractivity contribution in [2.24, 2.45) is 0 Å². The van der Waals surface area contributed by atoms with Crippen molar-refractivity contribution < 1.29 is 9.59 Å². The number of benzene rings is 2. The third-order valence-electron chi connectivity index (χ3n) is 3.35. The van der Waals surface area contributed by atoms with Crippen molar-refractivity contribution in [2.75, 3.05) is 11.9 Å². The highest BCUT2D eigenvalue weighted by molar-refractivity contribution is 6.31. The Morgan fingerprint density at radius 3 is 2.26 bits per heavy atom. The summed E-state index contributed by atoms with van der Waals surface area (Å²) < 4.78 is 0. The summed E-state index contributed by atoms with van der Waals surface area (Å²) in [5.41, 5.74) is 4.11. The van der Waals surface area contributed by atoms with Gasteiger partial charge in [0.05, 0.1) is 6.54 Å². The lowest BCUT2D eigenvalue weighted by atomic mass is 10.1. The third-order valence-corrected chi connectivity index (χ3v) is 3.76. The maximum atomic E-state index is 12.1. The predicted octanol–water partition coefficient (Wildman–Crippen LogP) is 3.63. The molecule has 0 fully saturated rings. The van der Waals surface area contributed by atoms with Crippen molar-refractivity contribution in [3.63, 3.8) is 0 Å². The standard InChI is InChI=1S/C18H19ClN2O2/c1-11-6-12(2)8-14(7-11)18(23)20-10-17(22)21-15-5-4-13(3)16(19)9-15/h4-9H,10H2,1-3H3,(H,20,23)(H,21,22). The molecule has 2 amide bonds. The lowest BCUT2D eigenvalue weighted by molar-refractivity contribution is -0.115. The molecule has 2 aromatic rings. The number of aryl methyl sites for hydroxylation is 3. The molecule has 2 aromatic carbocycles. The third kappa shape index (κ3) is 4.83. The summed E-state index contributed by atoms with van der Waals surface area (Å²) >= 11 is 6.01. The van der Waals surface area contributed by atoms with E-state index in [2.05, 4.69) is 10.6 Å². The Hall–Kier alpha value is -2.33. The van der Waals surface area contributed by atoms with Crippen LogP contribution in [0.5, 0.6) is 0 Å². The first kappa shape index (κ1) is 17.0. The highest BCUT2D eigenvalue weighted by Crippen LogP contribution is 2.19. The minimum absolute atomic E-state index is 0.0999. The van der Waals surface area contributed by atoms with Crippen molar-refractivity contribution in [1.82, 2.24) is 5.32 Å². The quantitative estimate of drug-likeness (QED) is 0.899. The number of nitrogens with one attached hydrogen (secondary N) is 2. The molecule has 2 N–H and O–H groups in total. The van der Waals surface area contributed by atoms with Gasteiger partial charge in [0.25, 0.3) is 5.91 Å². The van der Waals surface area contributed by atoms with Crippen LogP contribution in [0.15, 0.2) is 36.4 Å². The van der Waals surface area contributed by atoms with Gasteiger partial charge in [-0.05, 0) is 50.6 Å². The Bertz CT molecular complexity index is 736. The van der Waals surface area contributed by atoms with Gasteiger partial charge in [0.2, 0.25) is 5.91 Å². The van der Waals surface area contributed by atoms with Gasteiger partial charge in [-0.25, -0.2) is 0 Å².